The van der Waals surface area contributed by atoms with Crippen LogP contribution >= 0.6 is 0 Å². The molecule has 0 unspecified atom stereocenters. The van der Waals surface area contributed by atoms with Gasteiger partial charge in [0.1, 0.15) is 0 Å². The standard InChI is InChI=1S/C12H24N2/c1-2-4-11(5-3-1)10-14-12-6-8-13-9-7-12/h11-14H,1-10H2/p+1. The Bertz CT molecular complexity index is 128. The van der Waals surface area contributed by atoms with E-state index in [9.17, 15) is 0 Å². The van der Waals surface area contributed by atoms with Crippen molar-refractivity contribution in [2.24, 2.45) is 5.92 Å². The normalized spacial score (nSPS) is 26.6. The van der Waals surface area contributed by atoms with Crippen molar-refractivity contribution in [3.05, 3.63) is 0 Å². The predicted octanol–water partition coefficient (Wildman–Crippen LogP) is 0.882. The van der Waals surface area contributed by atoms with E-state index in [1.165, 1.54) is 64.6 Å². The molecule has 0 bridgehead atoms. The Morgan fingerprint density at radius 3 is 2.36 bits per heavy atom. The maximum atomic E-state index is 3.77. The van der Waals surface area contributed by atoms with Gasteiger partial charge < -0.3 is 10.6 Å². The molecule has 0 aromatic rings. The summed E-state index contributed by atoms with van der Waals surface area (Å²) in [6.45, 7) is 3.97. The second-order valence-corrected chi connectivity index (χ2v) is 5.05. The Labute approximate surface area is 87.8 Å². The number of nitrogens with two attached hydrogens (primary N) is 1. The number of hydrogen-bond acceptors (Lipinski definition) is 1. The fourth-order valence-corrected chi connectivity index (χ4v) is 2.86. The summed E-state index contributed by atoms with van der Waals surface area (Å²) in [6.07, 6.45) is 10.2. The molecule has 1 saturated heterocycles. The van der Waals surface area contributed by atoms with E-state index >= 15 is 0 Å². The van der Waals surface area contributed by atoms with Crippen molar-refractivity contribution >= 4 is 0 Å². The van der Waals surface area contributed by atoms with Crippen LogP contribution in [0.1, 0.15) is 44.9 Å². The highest BCUT2D eigenvalue weighted by Crippen LogP contribution is 2.22. The van der Waals surface area contributed by atoms with E-state index in [1.54, 1.807) is 0 Å². The van der Waals surface area contributed by atoms with Crippen molar-refractivity contribution in [2.45, 2.75) is 51.0 Å². The molecular formula is C12H25N2+. The molecule has 82 valence electrons. The van der Waals surface area contributed by atoms with Crippen molar-refractivity contribution < 1.29 is 5.32 Å². The smallest absolute Gasteiger partial charge is 0.0770 e. The molecule has 1 aliphatic carbocycles. The van der Waals surface area contributed by atoms with Crippen LogP contribution in [0.15, 0.2) is 0 Å². The summed E-state index contributed by atoms with van der Waals surface area (Å²) < 4.78 is 0. The third-order valence-corrected chi connectivity index (χ3v) is 3.86. The first-order valence-corrected chi connectivity index (χ1v) is 6.50. The Hall–Kier alpha value is -0.0800. The lowest BCUT2D eigenvalue weighted by Gasteiger charge is -2.26. The van der Waals surface area contributed by atoms with E-state index in [1.807, 2.05) is 0 Å². The summed E-state index contributed by atoms with van der Waals surface area (Å²) in [5, 5.41) is 6.21. The molecule has 0 atom stereocenters. The molecule has 2 fully saturated rings. The van der Waals surface area contributed by atoms with Crippen LogP contribution in [0, 0.1) is 5.92 Å². The summed E-state index contributed by atoms with van der Waals surface area (Å²) in [4.78, 5) is 0. The molecule has 0 spiro atoms. The largest absolute Gasteiger partial charge is 0.346 e. The maximum Gasteiger partial charge on any atom is 0.0770 e. The van der Waals surface area contributed by atoms with Crippen molar-refractivity contribution in [2.75, 3.05) is 19.6 Å². The average molecular weight is 197 g/mol. The second-order valence-electron chi connectivity index (χ2n) is 5.05. The number of piperidine rings is 1. The summed E-state index contributed by atoms with van der Waals surface area (Å²) in [6, 6.07) is 0.835. The first kappa shape index (κ1) is 10.4. The lowest BCUT2D eigenvalue weighted by atomic mass is 9.89. The summed E-state index contributed by atoms with van der Waals surface area (Å²) in [5.74, 6) is 0.995. The van der Waals surface area contributed by atoms with Gasteiger partial charge in [0.25, 0.3) is 0 Å². The molecule has 0 amide bonds. The van der Waals surface area contributed by atoms with Gasteiger partial charge in [-0.2, -0.15) is 0 Å². The Kier molecular flexibility index (Phi) is 4.26. The van der Waals surface area contributed by atoms with Gasteiger partial charge >= 0.3 is 0 Å². The first-order valence-electron chi connectivity index (χ1n) is 6.50. The van der Waals surface area contributed by atoms with E-state index in [0.29, 0.717) is 0 Å². The second kappa shape index (κ2) is 5.72. The van der Waals surface area contributed by atoms with Crippen LogP contribution in [0.2, 0.25) is 0 Å². The van der Waals surface area contributed by atoms with Crippen LogP contribution in [-0.2, 0) is 0 Å². The van der Waals surface area contributed by atoms with Crippen LogP contribution in [0.3, 0.4) is 0 Å². The van der Waals surface area contributed by atoms with Gasteiger partial charge in [-0.3, -0.25) is 0 Å². The highest BCUT2D eigenvalue weighted by atomic mass is 15.0. The zero-order valence-corrected chi connectivity index (χ0v) is 9.30. The minimum Gasteiger partial charge on any atom is -0.346 e. The zero-order chi connectivity index (χ0) is 9.64. The zero-order valence-electron chi connectivity index (χ0n) is 9.30. The molecular weight excluding hydrogens is 172 g/mol. The lowest BCUT2D eigenvalue weighted by molar-refractivity contribution is -0.663. The van der Waals surface area contributed by atoms with Crippen LogP contribution in [0.5, 0.6) is 0 Å². The molecule has 0 aromatic carbocycles. The van der Waals surface area contributed by atoms with Crippen molar-refractivity contribution in [3.8, 4) is 0 Å². The number of rotatable bonds is 3. The molecule has 1 aliphatic heterocycles. The van der Waals surface area contributed by atoms with Gasteiger partial charge in [0.15, 0.2) is 0 Å². The van der Waals surface area contributed by atoms with Gasteiger partial charge in [0.05, 0.1) is 13.1 Å². The van der Waals surface area contributed by atoms with Crippen LogP contribution in [0.4, 0.5) is 0 Å². The molecule has 0 aromatic heterocycles. The Balaban J connectivity index is 1.60. The molecule has 2 heteroatoms. The van der Waals surface area contributed by atoms with Crippen LogP contribution < -0.4 is 10.6 Å². The summed E-state index contributed by atoms with van der Waals surface area (Å²) >= 11 is 0. The topological polar surface area (TPSA) is 28.6 Å². The highest BCUT2D eigenvalue weighted by Gasteiger charge is 2.18. The van der Waals surface area contributed by atoms with E-state index in [4.69, 9.17) is 0 Å². The SMILES string of the molecule is C1CCC(CNC2CC[NH2+]CC2)CC1. The van der Waals surface area contributed by atoms with E-state index in [0.717, 1.165) is 12.0 Å². The highest BCUT2D eigenvalue weighted by molar-refractivity contribution is 4.73. The van der Waals surface area contributed by atoms with Crippen molar-refractivity contribution in [3.63, 3.8) is 0 Å². The molecule has 14 heavy (non-hydrogen) atoms. The van der Waals surface area contributed by atoms with Crippen molar-refractivity contribution in [1.82, 2.24) is 5.32 Å². The van der Waals surface area contributed by atoms with Crippen LogP contribution in [-0.4, -0.2) is 25.7 Å². The molecule has 0 radical (unpaired) electrons. The molecule has 2 rings (SSSR count). The van der Waals surface area contributed by atoms with E-state index in [-0.39, 0.29) is 0 Å². The van der Waals surface area contributed by atoms with Gasteiger partial charge in [0.2, 0.25) is 0 Å². The monoisotopic (exact) mass is 197 g/mol. The summed E-state index contributed by atoms with van der Waals surface area (Å²) in [7, 11) is 0. The van der Waals surface area contributed by atoms with Gasteiger partial charge in [-0.1, -0.05) is 19.3 Å². The maximum absolute atomic E-state index is 3.77. The Morgan fingerprint density at radius 2 is 1.64 bits per heavy atom. The first-order chi connectivity index (χ1) is 6.95. The van der Waals surface area contributed by atoms with Gasteiger partial charge in [-0.15, -0.1) is 0 Å². The minimum absolute atomic E-state index is 0.835. The third-order valence-electron chi connectivity index (χ3n) is 3.86. The lowest BCUT2D eigenvalue weighted by Crippen LogP contribution is -2.87. The minimum atomic E-state index is 0.835. The molecule has 3 N–H and O–H groups in total. The van der Waals surface area contributed by atoms with E-state index in [2.05, 4.69) is 10.6 Å². The predicted molar refractivity (Wildman–Crippen MR) is 59.3 cm³/mol. The van der Waals surface area contributed by atoms with E-state index < -0.39 is 0 Å². The van der Waals surface area contributed by atoms with Crippen molar-refractivity contribution in [1.29, 1.82) is 0 Å². The average Bonchev–Trinajstić information content (AvgIpc) is 2.29. The van der Waals surface area contributed by atoms with Gasteiger partial charge in [-0.05, 0) is 25.3 Å². The number of nitrogens with one attached hydrogen (secondary N) is 1. The summed E-state index contributed by atoms with van der Waals surface area (Å²) in [5.41, 5.74) is 0. The van der Waals surface area contributed by atoms with Crippen LogP contribution in [0.25, 0.3) is 0 Å². The number of hydrogen-bond donors (Lipinski definition) is 2. The van der Waals surface area contributed by atoms with Gasteiger partial charge in [-0.25, -0.2) is 0 Å². The molecule has 2 aliphatic rings. The Morgan fingerprint density at radius 1 is 0.929 bits per heavy atom. The molecule has 1 heterocycles. The van der Waals surface area contributed by atoms with Gasteiger partial charge in [0, 0.05) is 18.9 Å². The molecule has 1 saturated carbocycles. The molecule has 2 nitrogen and oxygen atoms in total. The quantitative estimate of drug-likeness (QED) is 0.691. The number of quaternary nitrogens is 1. The fourth-order valence-electron chi connectivity index (χ4n) is 2.86. The third kappa shape index (κ3) is 3.25. The fraction of sp³-hybridized carbons (Fsp3) is 1.00.